The molecular formula is C11H11ClN2OS. The number of nitrogens with zero attached hydrogens (tertiary/aromatic N) is 1. The average molecular weight is 255 g/mol. The van der Waals surface area contributed by atoms with Crippen LogP contribution in [-0.4, -0.2) is 10.1 Å². The van der Waals surface area contributed by atoms with Gasteiger partial charge in [-0.3, -0.25) is 0 Å². The molecule has 1 aromatic heterocycles. The van der Waals surface area contributed by atoms with Gasteiger partial charge in [0.1, 0.15) is 5.75 Å². The Bertz CT molecular complexity index is 498. The molecule has 2 N–H and O–H groups in total. The summed E-state index contributed by atoms with van der Waals surface area (Å²) < 4.78 is 0.532. The smallest absolute Gasteiger partial charge is 0.183 e. The number of aromatic nitrogens is 1. The van der Waals surface area contributed by atoms with E-state index in [1.807, 2.05) is 19.1 Å². The van der Waals surface area contributed by atoms with Crippen LogP contribution in [0.3, 0.4) is 0 Å². The zero-order valence-corrected chi connectivity index (χ0v) is 10.3. The molecular weight excluding hydrogens is 244 g/mol. The lowest BCUT2D eigenvalue weighted by atomic mass is 10.2. The number of hydrogen-bond donors (Lipinski definition) is 2. The average Bonchev–Trinajstić information content (AvgIpc) is 2.63. The second-order valence-electron chi connectivity index (χ2n) is 3.45. The van der Waals surface area contributed by atoms with E-state index in [2.05, 4.69) is 10.3 Å². The first-order valence-corrected chi connectivity index (χ1v) is 5.98. The monoisotopic (exact) mass is 254 g/mol. The van der Waals surface area contributed by atoms with Crippen LogP contribution in [0.5, 0.6) is 5.75 Å². The van der Waals surface area contributed by atoms with Gasteiger partial charge in [0.05, 0.1) is 12.2 Å². The van der Waals surface area contributed by atoms with Crippen molar-refractivity contribution in [3.05, 3.63) is 39.3 Å². The Morgan fingerprint density at radius 3 is 2.94 bits per heavy atom. The van der Waals surface area contributed by atoms with Gasteiger partial charge in [-0.2, -0.15) is 0 Å². The van der Waals surface area contributed by atoms with E-state index in [0.29, 0.717) is 11.0 Å². The molecule has 16 heavy (non-hydrogen) atoms. The van der Waals surface area contributed by atoms with Gasteiger partial charge in [-0.25, -0.2) is 4.98 Å². The van der Waals surface area contributed by atoms with Crippen LogP contribution >= 0.6 is 22.9 Å². The lowest BCUT2D eigenvalue weighted by molar-refractivity contribution is 0.477. The van der Waals surface area contributed by atoms with Gasteiger partial charge in [-0.05, 0) is 24.6 Å². The van der Waals surface area contributed by atoms with Gasteiger partial charge in [0, 0.05) is 11.1 Å². The van der Waals surface area contributed by atoms with Crippen LogP contribution in [0.4, 0.5) is 5.69 Å². The second-order valence-corrected chi connectivity index (χ2v) is 5.15. The van der Waals surface area contributed by atoms with Crippen molar-refractivity contribution in [3.63, 3.8) is 0 Å². The number of aryl methyl sites for hydroxylation is 1. The third-order valence-electron chi connectivity index (χ3n) is 2.13. The van der Waals surface area contributed by atoms with E-state index in [1.54, 1.807) is 12.3 Å². The minimum absolute atomic E-state index is 0.260. The van der Waals surface area contributed by atoms with E-state index in [9.17, 15) is 5.11 Å². The van der Waals surface area contributed by atoms with E-state index in [4.69, 9.17) is 11.6 Å². The standard InChI is InChI=1S/C11H11ClN2OS/c1-7-2-3-9(10(15)4-7)13-5-8-6-14-11(12)16-8/h2-4,6,13,15H,5H2,1H3. The zero-order valence-electron chi connectivity index (χ0n) is 8.70. The fourth-order valence-corrected chi connectivity index (χ4v) is 2.26. The number of hydrogen-bond acceptors (Lipinski definition) is 4. The Balaban J connectivity index is 2.04. The Morgan fingerprint density at radius 1 is 1.50 bits per heavy atom. The summed E-state index contributed by atoms with van der Waals surface area (Å²) in [4.78, 5) is 4.98. The molecule has 0 amide bonds. The maximum atomic E-state index is 9.67. The van der Waals surface area contributed by atoms with E-state index < -0.39 is 0 Å². The Morgan fingerprint density at radius 2 is 2.31 bits per heavy atom. The van der Waals surface area contributed by atoms with Crippen molar-refractivity contribution in [2.45, 2.75) is 13.5 Å². The molecule has 0 spiro atoms. The maximum Gasteiger partial charge on any atom is 0.183 e. The van der Waals surface area contributed by atoms with E-state index in [0.717, 1.165) is 16.1 Å². The second kappa shape index (κ2) is 4.72. The molecule has 2 rings (SSSR count). The molecule has 1 heterocycles. The van der Waals surface area contributed by atoms with Crippen LogP contribution in [0.15, 0.2) is 24.4 Å². The van der Waals surface area contributed by atoms with Crippen molar-refractivity contribution in [2.24, 2.45) is 0 Å². The largest absolute Gasteiger partial charge is 0.506 e. The van der Waals surface area contributed by atoms with E-state index >= 15 is 0 Å². The quantitative estimate of drug-likeness (QED) is 0.825. The summed E-state index contributed by atoms with van der Waals surface area (Å²) in [6.45, 7) is 2.55. The maximum absolute atomic E-state index is 9.67. The molecule has 0 aliphatic heterocycles. The van der Waals surface area contributed by atoms with Crippen molar-refractivity contribution in [2.75, 3.05) is 5.32 Å². The molecule has 0 bridgehead atoms. The Kier molecular flexibility index (Phi) is 3.31. The van der Waals surface area contributed by atoms with Gasteiger partial charge in [0.25, 0.3) is 0 Å². The molecule has 1 aromatic carbocycles. The molecule has 0 unspecified atom stereocenters. The summed E-state index contributed by atoms with van der Waals surface area (Å²) in [7, 11) is 0. The minimum atomic E-state index is 0.260. The van der Waals surface area contributed by atoms with Crippen molar-refractivity contribution in [1.82, 2.24) is 4.98 Å². The molecule has 0 aliphatic rings. The number of phenolic OH excluding ortho intramolecular Hbond substituents is 1. The number of halogens is 1. The van der Waals surface area contributed by atoms with Crippen molar-refractivity contribution in [3.8, 4) is 5.75 Å². The normalized spacial score (nSPS) is 10.4. The Labute approximate surface area is 103 Å². The van der Waals surface area contributed by atoms with Crippen LogP contribution in [0.2, 0.25) is 4.47 Å². The van der Waals surface area contributed by atoms with Gasteiger partial charge in [0.15, 0.2) is 4.47 Å². The lowest BCUT2D eigenvalue weighted by Gasteiger charge is -2.07. The van der Waals surface area contributed by atoms with Gasteiger partial charge < -0.3 is 10.4 Å². The lowest BCUT2D eigenvalue weighted by Crippen LogP contribution is -1.97. The summed E-state index contributed by atoms with van der Waals surface area (Å²) in [5.41, 5.74) is 1.75. The molecule has 5 heteroatoms. The van der Waals surface area contributed by atoms with Crippen LogP contribution in [0.1, 0.15) is 10.4 Å². The molecule has 3 nitrogen and oxygen atoms in total. The molecule has 0 radical (unpaired) electrons. The first-order valence-electron chi connectivity index (χ1n) is 4.79. The highest BCUT2D eigenvalue weighted by Gasteiger charge is 2.02. The highest BCUT2D eigenvalue weighted by Crippen LogP contribution is 2.25. The summed E-state index contributed by atoms with van der Waals surface area (Å²) in [6.07, 6.45) is 1.73. The predicted octanol–water partition coefficient (Wildman–Crippen LogP) is 3.42. The summed E-state index contributed by atoms with van der Waals surface area (Å²) in [5, 5.41) is 12.8. The third kappa shape index (κ3) is 2.65. The fraction of sp³-hybridized carbons (Fsp3) is 0.182. The van der Waals surface area contributed by atoms with Crippen LogP contribution in [-0.2, 0) is 6.54 Å². The van der Waals surface area contributed by atoms with Crippen molar-refractivity contribution >= 4 is 28.6 Å². The van der Waals surface area contributed by atoms with Gasteiger partial charge in [-0.15, -0.1) is 11.3 Å². The molecule has 0 fully saturated rings. The highest BCUT2D eigenvalue weighted by atomic mass is 35.5. The molecule has 2 aromatic rings. The van der Waals surface area contributed by atoms with Crippen LogP contribution in [0.25, 0.3) is 0 Å². The minimum Gasteiger partial charge on any atom is -0.506 e. The summed E-state index contributed by atoms with van der Waals surface area (Å²) in [6, 6.07) is 5.52. The third-order valence-corrected chi connectivity index (χ3v) is 3.25. The number of rotatable bonds is 3. The van der Waals surface area contributed by atoms with Crippen molar-refractivity contribution < 1.29 is 5.11 Å². The molecule has 84 valence electrons. The van der Waals surface area contributed by atoms with Gasteiger partial charge >= 0.3 is 0 Å². The topological polar surface area (TPSA) is 45.2 Å². The number of aromatic hydroxyl groups is 1. The number of benzene rings is 1. The van der Waals surface area contributed by atoms with E-state index in [-0.39, 0.29) is 5.75 Å². The molecule has 0 saturated carbocycles. The molecule has 0 saturated heterocycles. The first-order chi connectivity index (χ1) is 7.65. The number of nitrogens with one attached hydrogen (secondary N) is 1. The van der Waals surface area contributed by atoms with E-state index in [1.165, 1.54) is 11.3 Å². The Hall–Kier alpha value is -1.26. The first kappa shape index (κ1) is 11.2. The number of thiazole rings is 1. The summed E-state index contributed by atoms with van der Waals surface area (Å²) >= 11 is 7.15. The zero-order chi connectivity index (χ0) is 11.5. The molecule has 0 aliphatic carbocycles. The predicted molar refractivity (Wildman–Crippen MR) is 67.3 cm³/mol. The SMILES string of the molecule is Cc1ccc(NCc2cnc(Cl)s2)c(O)c1. The number of phenols is 1. The van der Waals surface area contributed by atoms with Gasteiger partial charge in [-0.1, -0.05) is 17.7 Å². The highest BCUT2D eigenvalue weighted by molar-refractivity contribution is 7.15. The van der Waals surface area contributed by atoms with Gasteiger partial charge in [0.2, 0.25) is 0 Å². The fourth-order valence-electron chi connectivity index (χ4n) is 1.34. The molecule has 0 atom stereocenters. The van der Waals surface area contributed by atoms with Crippen molar-refractivity contribution in [1.29, 1.82) is 0 Å². The number of anilines is 1. The van der Waals surface area contributed by atoms with Crippen LogP contribution < -0.4 is 5.32 Å². The van der Waals surface area contributed by atoms with Crippen LogP contribution in [0, 0.1) is 6.92 Å². The summed E-state index contributed by atoms with van der Waals surface area (Å²) in [5.74, 6) is 0.260.